The van der Waals surface area contributed by atoms with Crippen LogP contribution >= 0.6 is 0 Å². The molecule has 120 valence electrons. The maximum absolute atomic E-state index is 12.0. The van der Waals surface area contributed by atoms with Crippen LogP contribution < -0.4 is 4.90 Å². The smallest absolute Gasteiger partial charge is 0.236 e. The lowest BCUT2D eigenvalue weighted by Crippen LogP contribution is -2.52. The van der Waals surface area contributed by atoms with Gasteiger partial charge in [-0.25, -0.2) is 9.97 Å². The number of nitrogens with zero attached hydrogens (tertiary/aromatic N) is 5. The summed E-state index contributed by atoms with van der Waals surface area (Å²) in [7, 11) is 2.03. The van der Waals surface area contributed by atoms with E-state index in [1.54, 1.807) is 17.4 Å². The third kappa shape index (κ3) is 2.84. The quantitative estimate of drug-likeness (QED) is 0.928. The first-order valence-corrected chi connectivity index (χ1v) is 7.77. The number of likely N-dealkylation sites (N-methyl/N-ethyl adjacent to an activating group) is 1. The number of pyridine rings is 1. The molecule has 0 unspecified atom stereocenters. The van der Waals surface area contributed by atoms with Gasteiger partial charge in [-0.2, -0.15) is 5.26 Å². The topological polar surface area (TPSA) is 88.9 Å². The second-order valence-electron chi connectivity index (χ2n) is 6.05. The highest BCUT2D eigenvalue weighted by Crippen LogP contribution is 2.29. The summed E-state index contributed by atoms with van der Waals surface area (Å²) >= 11 is 0. The molecule has 0 spiro atoms. The molecule has 0 saturated carbocycles. The summed E-state index contributed by atoms with van der Waals surface area (Å²) in [6, 6.07) is 4.08. The highest BCUT2D eigenvalue weighted by molar-refractivity contribution is 5.85. The molecule has 0 bridgehead atoms. The lowest BCUT2D eigenvalue weighted by Gasteiger charge is -2.42. The van der Waals surface area contributed by atoms with E-state index in [4.69, 9.17) is 5.26 Å². The van der Waals surface area contributed by atoms with Gasteiger partial charge in [0.1, 0.15) is 11.9 Å². The minimum absolute atomic E-state index is 0.0519. The van der Waals surface area contributed by atoms with Crippen LogP contribution in [0.15, 0.2) is 18.6 Å². The SMILES string of the molecule is C[C@@H]1CCN(C(=O)CC#N)C[C@@H]1N(C)c1ccnc2[nH]cnc12. The summed E-state index contributed by atoms with van der Waals surface area (Å²) in [5, 5.41) is 8.74. The Morgan fingerprint density at radius 1 is 1.57 bits per heavy atom. The molecule has 3 heterocycles. The highest BCUT2D eigenvalue weighted by atomic mass is 16.2. The Bertz CT molecular complexity index is 748. The number of nitrogens with one attached hydrogen (secondary N) is 1. The number of hydrogen-bond acceptors (Lipinski definition) is 5. The first-order valence-electron chi connectivity index (χ1n) is 7.77. The van der Waals surface area contributed by atoms with E-state index in [0.717, 1.165) is 29.8 Å². The number of hydrogen-bond donors (Lipinski definition) is 1. The zero-order chi connectivity index (χ0) is 16.4. The Labute approximate surface area is 134 Å². The summed E-state index contributed by atoms with van der Waals surface area (Å²) < 4.78 is 0. The molecule has 2 atom stereocenters. The number of carbonyl (C=O) groups excluding carboxylic acids is 1. The Morgan fingerprint density at radius 2 is 2.39 bits per heavy atom. The van der Waals surface area contributed by atoms with Crippen LogP contribution in [0.25, 0.3) is 11.2 Å². The molecule has 1 aliphatic heterocycles. The molecular weight excluding hydrogens is 292 g/mol. The molecule has 3 rings (SSSR count). The van der Waals surface area contributed by atoms with Crippen LogP contribution in [-0.4, -0.2) is 51.9 Å². The van der Waals surface area contributed by atoms with Crippen molar-refractivity contribution >= 4 is 22.8 Å². The minimum atomic E-state index is -0.0857. The van der Waals surface area contributed by atoms with Crippen molar-refractivity contribution in [1.82, 2.24) is 19.9 Å². The van der Waals surface area contributed by atoms with E-state index >= 15 is 0 Å². The van der Waals surface area contributed by atoms with Gasteiger partial charge in [0.05, 0.1) is 18.1 Å². The Kier molecular flexibility index (Phi) is 4.15. The molecule has 0 aromatic carbocycles. The number of aromatic amines is 1. The molecular formula is C16H20N6O. The van der Waals surface area contributed by atoms with Gasteiger partial charge in [0.15, 0.2) is 5.65 Å². The van der Waals surface area contributed by atoms with E-state index in [1.165, 1.54) is 0 Å². The number of fused-ring (bicyclic) bond motifs is 1. The maximum Gasteiger partial charge on any atom is 0.236 e. The molecule has 1 fully saturated rings. The van der Waals surface area contributed by atoms with Gasteiger partial charge in [-0.05, 0) is 18.4 Å². The Morgan fingerprint density at radius 3 is 3.17 bits per heavy atom. The minimum Gasteiger partial charge on any atom is -0.368 e. The highest BCUT2D eigenvalue weighted by Gasteiger charge is 2.32. The van der Waals surface area contributed by atoms with Gasteiger partial charge in [0.2, 0.25) is 5.91 Å². The number of anilines is 1. The molecule has 2 aromatic rings. The molecule has 1 amide bonds. The number of amides is 1. The fraction of sp³-hybridized carbons (Fsp3) is 0.500. The first kappa shape index (κ1) is 15.3. The average Bonchev–Trinajstić information content (AvgIpc) is 3.03. The third-order valence-electron chi connectivity index (χ3n) is 4.68. The van der Waals surface area contributed by atoms with Crippen LogP contribution in [0.4, 0.5) is 5.69 Å². The van der Waals surface area contributed by atoms with Crippen molar-refractivity contribution < 1.29 is 4.79 Å². The number of likely N-dealkylation sites (tertiary alicyclic amines) is 1. The van der Waals surface area contributed by atoms with E-state index in [9.17, 15) is 4.79 Å². The van der Waals surface area contributed by atoms with Gasteiger partial charge in [-0.15, -0.1) is 0 Å². The Hall–Kier alpha value is -2.62. The van der Waals surface area contributed by atoms with Gasteiger partial charge < -0.3 is 14.8 Å². The van der Waals surface area contributed by atoms with Crippen molar-refractivity contribution in [2.45, 2.75) is 25.8 Å². The maximum atomic E-state index is 12.0. The zero-order valence-corrected chi connectivity index (χ0v) is 13.4. The summed E-state index contributed by atoms with van der Waals surface area (Å²) in [6.07, 6.45) is 4.28. The molecule has 2 aromatic heterocycles. The molecule has 1 N–H and O–H groups in total. The lowest BCUT2D eigenvalue weighted by atomic mass is 9.91. The van der Waals surface area contributed by atoms with E-state index in [2.05, 4.69) is 26.8 Å². The number of H-pyrrole nitrogens is 1. The average molecular weight is 312 g/mol. The fourth-order valence-corrected chi connectivity index (χ4v) is 3.26. The van der Waals surface area contributed by atoms with Crippen molar-refractivity contribution in [3.05, 3.63) is 18.6 Å². The van der Waals surface area contributed by atoms with Crippen molar-refractivity contribution in [2.75, 3.05) is 25.0 Å². The molecule has 1 aliphatic rings. The normalized spacial score (nSPS) is 21.2. The van der Waals surface area contributed by atoms with Gasteiger partial charge in [-0.1, -0.05) is 6.92 Å². The summed E-state index contributed by atoms with van der Waals surface area (Å²) in [6.45, 7) is 3.56. The van der Waals surface area contributed by atoms with Crippen LogP contribution in [0.2, 0.25) is 0 Å². The van der Waals surface area contributed by atoms with Crippen molar-refractivity contribution in [3.8, 4) is 6.07 Å². The van der Waals surface area contributed by atoms with Crippen LogP contribution in [0.5, 0.6) is 0 Å². The second kappa shape index (κ2) is 6.24. The van der Waals surface area contributed by atoms with Gasteiger partial charge in [0.25, 0.3) is 0 Å². The molecule has 0 aliphatic carbocycles. The van der Waals surface area contributed by atoms with Crippen LogP contribution in [0, 0.1) is 17.2 Å². The van der Waals surface area contributed by atoms with Crippen LogP contribution in [0.3, 0.4) is 0 Å². The Balaban J connectivity index is 1.85. The van der Waals surface area contributed by atoms with E-state index in [1.807, 2.05) is 19.2 Å². The van der Waals surface area contributed by atoms with E-state index < -0.39 is 0 Å². The monoisotopic (exact) mass is 312 g/mol. The summed E-state index contributed by atoms with van der Waals surface area (Å²) in [5.41, 5.74) is 2.60. The largest absolute Gasteiger partial charge is 0.368 e. The van der Waals surface area contributed by atoms with Crippen molar-refractivity contribution in [3.63, 3.8) is 0 Å². The third-order valence-corrected chi connectivity index (χ3v) is 4.68. The van der Waals surface area contributed by atoms with Crippen molar-refractivity contribution in [1.29, 1.82) is 5.26 Å². The predicted molar refractivity (Wildman–Crippen MR) is 86.7 cm³/mol. The van der Waals surface area contributed by atoms with E-state index in [-0.39, 0.29) is 18.4 Å². The van der Waals surface area contributed by atoms with E-state index in [0.29, 0.717) is 12.5 Å². The van der Waals surface area contributed by atoms with Crippen molar-refractivity contribution in [2.24, 2.45) is 5.92 Å². The second-order valence-corrected chi connectivity index (χ2v) is 6.05. The summed E-state index contributed by atoms with van der Waals surface area (Å²) in [4.78, 5) is 27.7. The summed E-state index contributed by atoms with van der Waals surface area (Å²) in [5.74, 6) is 0.366. The molecule has 1 saturated heterocycles. The molecule has 23 heavy (non-hydrogen) atoms. The lowest BCUT2D eigenvalue weighted by molar-refractivity contribution is -0.131. The van der Waals surface area contributed by atoms with Gasteiger partial charge in [-0.3, -0.25) is 4.79 Å². The fourth-order valence-electron chi connectivity index (χ4n) is 3.26. The zero-order valence-electron chi connectivity index (χ0n) is 13.4. The number of nitriles is 1. The molecule has 7 nitrogen and oxygen atoms in total. The number of piperidine rings is 1. The number of rotatable bonds is 3. The predicted octanol–water partition coefficient (Wildman–Crippen LogP) is 1.54. The first-order chi connectivity index (χ1) is 11.1. The van der Waals surface area contributed by atoms with Gasteiger partial charge in [0, 0.05) is 32.4 Å². The standard InChI is InChI=1S/C16H20N6O/c1-11-5-8-22(14(23)3-6-17)9-13(11)21(2)12-4-7-18-16-15(12)19-10-20-16/h4,7,10-11,13H,3,5,8-9H2,1-2H3,(H,18,19,20)/t11-,13+/m1/s1. The molecule has 0 radical (unpaired) electrons. The number of carbonyl (C=O) groups is 1. The van der Waals surface area contributed by atoms with Crippen LogP contribution in [-0.2, 0) is 4.79 Å². The van der Waals surface area contributed by atoms with Gasteiger partial charge >= 0.3 is 0 Å². The van der Waals surface area contributed by atoms with Crippen LogP contribution in [0.1, 0.15) is 19.8 Å². The molecule has 7 heteroatoms. The number of aromatic nitrogens is 3. The number of imidazole rings is 1.